The zero-order valence-electron chi connectivity index (χ0n) is 9.82. The Bertz CT molecular complexity index is 263. The first-order valence-electron chi connectivity index (χ1n) is 5.22. The number of hydrogen-bond donors (Lipinski definition) is 0. The monoisotopic (exact) mass is 240 g/mol. The van der Waals surface area contributed by atoms with Crippen LogP contribution in [-0.4, -0.2) is 24.0 Å². The van der Waals surface area contributed by atoms with Crippen LogP contribution in [0.1, 0.15) is 12.5 Å². The van der Waals surface area contributed by atoms with Crippen molar-refractivity contribution in [3.05, 3.63) is 35.9 Å². The first-order valence-corrected chi connectivity index (χ1v) is 8.01. The summed E-state index contributed by atoms with van der Waals surface area (Å²) in [6.45, 7) is 2.40. The van der Waals surface area contributed by atoms with Crippen molar-refractivity contribution in [2.45, 2.75) is 13.3 Å². The van der Waals surface area contributed by atoms with Gasteiger partial charge in [-0.05, 0) is 41.4 Å². The smallest absolute Gasteiger partial charge is 0.000514 e. The van der Waals surface area contributed by atoms with Crippen LogP contribution in [0.15, 0.2) is 30.3 Å². The molecule has 0 aliphatic carbocycles. The largest absolute Gasteiger partial charge is 0.165 e. The van der Waals surface area contributed by atoms with Gasteiger partial charge < -0.3 is 0 Å². The lowest BCUT2D eigenvalue weighted by atomic mass is 9.87. The van der Waals surface area contributed by atoms with E-state index in [9.17, 15) is 0 Å². The van der Waals surface area contributed by atoms with E-state index in [0.29, 0.717) is 5.41 Å². The molecule has 1 aromatic carbocycles. The summed E-state index contributed by atoms with van der Waals surface area (Å²) in [5.41, 5.74) is 1.89. The average Bonchev–Trinajstić information content (AvgIpc) is 2.19. The van der Waals surface area contributed by atoms with Gasteiger partial charge in [0.2, 0.25) is 0 Å². The Labute approximate surface area is 102 Å². The molecule has 0 atom stereocenters. The van der Waals surface area contributed by atoms with E-state index in [4.69, 9.17) is 0 Å². The number of thioether (sulfide) groups is 2. The molecule has 0 bridgehead atoms. The van der Waals surface area contributed by atoms with Crippen molar-refractivity contribution in [1.29, 1.82) is 0 Å². The molecule has 0 aliphatic rings. The fraction of sp³-hybridized carbons (Fsp3) is 0.538. The van der Waals surface area contributed by atoms with Crippen molar-refractivity contribution in [1.82, 2.24) is 0 Å². The maximum Gasteiger partial charge on any atom is -0.000514 e. The molecule has 15 heavy (non-hydrogen) atoms. The summed E-state index contributed by atoms with van der Waals surface area (Å²) in [6, 6.07) is 10.8. The summed E-state index contributed by atoms with van der Waals surface area (Å²) in [4.78, 5) is 0. The molecule has 0 fully saturated rings. The summed E-state index contributed by atoms with van der Waals surface area (Å²) in [5.74, 6) is 2.48. The van der Waals surface area contributed by atoms with Crippen LogP contribution < -0.4 is 0 Å². The molecule has 0 unspecified atom stereocenters. The van der Waals surface area contributed by atoms with Crippen LogP contribution in [-0.2, 0) is 6.42 Å². The molecule has 0 nitrogen and oxygen atoms in total. The Morgan fingerprint density at radius 1 is 1.00 bits per heavy atom. The van der Waals surface area contributed by atoms with E-state index in [-0.39, 0.29) is 0 Å². The summed E-state index contributed by atoms with van der Waals surface area (Å²) in [5, 5.41) is 0. The highest BCUT2D eigenvalue weighted by molar-refractivity contribution is 7.99. The Morgan fingerprint density at radius 2 is 1.53 bits per heavy atom. The van der Waals surface area contributed by atoms with Crippen LogP contribution in [0, 0.1) is 5.41 Å². The lowest BCUT2D eigenvalue weighted by molar-refractivity contribution is 0.432. The van der Waals surface area contributed by atoms with E-state index in [1.54, 1.807) is 0 Å². The third-order valence-electron chi connectivity index (χ3n) is 2.46. The van der Waals surface area contributed by atoms with E-state index in [1.807, 2.05) is 23.5 Å². The first-order chi connectivity index (χ1) is 7.20. The number of hydrogen-bond acceptors (Lipinski definition) is 2. The summed E-state index contributed by atoms with van der Waals surface area (Å²) in [6.07, 6.45) is 5.59. The van der Waals surface area contributed by atoms with Gasteiger partial charge in [-0.1, -0.05) is 37.3 Å². The van der Waals surface area contributed by atoms with Crippen LogP contribution in [0.4, 0.5) is 0 Å². The van der Waals surface area contributed by atoms with Crippen LogP contribution in [0.3, 0.4) is 0 Å². The van der Waals surface area contributed by atoms with Crippen molar-refractivity contribution in [3.8, 4) is 0 Å². The predicted octanol–water partition coefficient (Wildman–Crippen LogP) is 3.96. The molecule has 0 radical (unpaired) electrons. The Balaban J connectivity index is 2.66. The van der Waals surface area contributed by atoms with Crippen LogP contribution in [0.25, 0.3) is 0 Å². The zero-order chi connectivity index (χ0) is 11.1. The fourth-order valence-electron chi connectivity index (χ4n) is 1.93. The Hall–Kier alpha value is -0.0800. The van der Waals surface area contributed by atoms with Gasteiger partial charge in [0.05, 0.1) is 0 Å². The van der Waals surface area contributed by atoms with Crippen molar-refractivity contribution in [3.63, 3.8) is 0 Å². The minimum absolute atomic E-state index is 0.431. The first kappa shape index (κ1) is 13.0. The molecule has 1 rings (SSSR count). The molecule has 0 heterocycles. The minimum Gasteiger partial charge on any atom is -0.165 e. The van der Waals surface area contributed by atoms with Gasteiger partial charge in [0.1, 0.15) is 0 Å². The lowest BCUT2D eigenvalue weighted by Gasteiger charge is -2.28. The second-order valence-corrected chi connectivity index (χ2v) is 6.07. The molecule has 0 N–H and O–H groups in total. The Morgan fingerprint density at radius 3 is 2.00 bits per heavy atom. The van der Waals surface area contributed by atoms with Gasteiger partial charge >= 0.3 is 0 Å². The van der Waals surface area contributed by atoms with E-state index in [0.717, 1.165) is 0 Å². The van der Waals surface area contributed by atoms with Crippen molar-refractivity contribution < 1.29 is 0 Å². The predicted molar refractivity (Wildman–Crippen MR) is 75.0 cm³/mol. The molecule has 0 saturated carbocycles. The zero-order valence-corrected chi connectivity index (χ0v) is 11.5. The van der Waals surface area contributed by atoms with E-state index in [1.165, 1.54) is 23.5 Å². The van der Waals surface area contributed by atoms with Gasteiger partial charge in [0, 0.05) is 0 Å². The lowest BCUT2D eigenvalue weighted by Crippen LogP contribution is -2.25. The standard InChI is InChI=1S/C13H20S2/c1-13(10-14-2,11-15-3)9-12-7-5-4-6-8-12/h4-8H,9-11H2,1-3H3. The minimum atomic E-state index is 0.431. The number of rotatable bonds is 6. The van der Waals surface area contributed by atoms with E-state index < -0.39 is 0 Å². The van der Waals surface area contributed by atoms with Crippen molar-refractivity contribution in [2.24, 2.45) is 5.41 Å². The van der Waals surface area contributed by atoms with Gasteiger partial charge in [-0.15, -0.1) is 0 Å². The Kier molecular flexibility index (Phi) is 5.62. The molecule has 0 aliphatic heterocycles. The molecule has 2 heteroatoms. The van der Waals surface area contributed by atoms with Gasteiger partial charge in [0.15, 0.2) is 0 Å². The van der Waals surface area contributed by atoms with Gasteiger partial charge in [-0.2, -0.15) is 23.5 Å². The molecule has 0 spiro atoms. The molecule has 0 aromatic heterocycles. The van der Waals surface area contributed by atoms with Crippen LogP contribution in [0.2, 0.25) is 0 Å². The molecule has 0 amide bonds. The fourth-order valence-corrected chi connectivity index (χ4v) is 3.86. The summed E-state index contributed by atoms with van der Waals surface area (Å²) >= 11 is 3.91. The third kappa shape index (κ3) is 4.52. The maximum absolute atomic E-state index is 2.40. The van der Waals surface area contributed by atoms with Crippen molar-refractivity contribution >= 4 is 23.5 Å². The van der Waals surface area contributed by atoms with E-state index in [2.05, 4.69) is 49.8 Å². The van der Waals surface area contributed by atoms with Crippen LogP contribution >= 0.6 is 23.5 Å². The second kappa shape index (κ2) is 6.49. The highest BCUT2D eigenvalue weighted by Crippen LogP contribution is 2.29. The average molecular weight is 240 g/mol. The topological polar surface area (TPSA) is 0 Å². The van der Waals surface area contributed by atoms with Crippen molar-refractivity contribution in [2.75, 3.05) is 24.0 Å². The summed E-state index contributed by atoms with van der Waals surface area (Å²) < 4.78 is 0. The highest BCUT2D eigenvalue weighted by Gasteiger charge is 2.23. The van der Waals surface area contributed by atoms with E-state index >= 15 is 0 Å². The van der Waals surface area contributed by atoms with Gasteiger partial charge in [0.25, 0.3) is 0 Å². The number of benzene rings is 1. The molecule has 84 valence electrons. The SMILES string of the molecule is CSCC(C)(CSC)Cc1ccccc1. The maximum atomic E-state index is 2.40. The summed E-state index contributed by atoms with van der Waals surface area (Å²) in [7, 11) is 0. The van der Waals surface area contributed by atoms with Gasteiger partial charge in [-0.3, -0.25) is 0 Å². The molecule has 1 aromatic rings. The van der Waals surface area contributed by atoms with Gasteiger partial charge in [-0.25, -0.2) is 0 Å². The normalized spacial score (nSPS) is 11.7. The molecular weight excluding hydrogens is 220 g/mol. The molecule has 0 saturated heterocycles. The van der Waals surface area contributed by atoms with Crippen LogP contribution in [0.5, 0.6) is 0 Å². The second-order valence-electron chi connectivity index (χ2n) is 4.34. The quantitative estimate of drug-likeness (QED) is 0.738. The highest BCUT2D eigenvalue weighted by atomic mass is 32.2. The molecular formula is C13H20S2. The third-order valence-corrected chi connectivity index (χ3v) is 4.43.